The first-order valence-electron chi connectivity index (χ1n) is 5.12. The molecule has 0 atom stereocenters. The first-order chi connectivity index (χ1) is 6.57. The van der Waals surface area contributed by atoms with Gasteiger partial charge in [-0.15, -0.1) is 0 Å². The zero-order valence-corrected chi connectivity index (χ0v) is 9.58. The third-order valence-electron chi connectivity index (χ3n) is 2.06. The standard InChI is InChI=1S/C8H10.C5H10O/c1-2-8-6-4-3-5-7-8;1-4(2)5(3)6/h3-7H,2H2,1H3;4H,1-3H3. The monoisotopic (exact) mass is 192 g/mol. The van der Waals surface area contributed by atoms with Crippen LogP contribution in [-0.4, -0.2) is 5.78 Å². The second-order valence-corrected chi connectivity index (χ2v) is 3.60. The van der Waals surface area contributed by atoms with Crippen molar-refractivity contribution in [2.24, 2.45) is 5.92 Å². The Balaban J connectivity index is 0.000000255. The Morgan fingerprint density at radius 1 is 1.21 bits per heavy atom. The molecule has 0 heterocycles. The zero-order valence-electron chi connectivity index (χ0n) is 9.58. The van der Waals surface area contributed by atoms with Gasteiger partial charge in [0.1, 0.15) is 5.78 Å². The lowest BCUT2D eigenvalue weighted by atomic mass is 10.1. The van der Waals surface area contributed by atoms with E-state index in [1.165, 1.54) is 5.56 Å². The molecule has 0 saturated heterocycles. The molecule has 1 heteroatoms. The number of rotatable bonds is 2. The van der Waals surface area contributed by atoms with E-state index in [-0.39, 0.29) is 11.7 Å². The third kappa shape index (κ3) is 6.41. The van der Waals surface area contributed by atoms with E-state index in [1.807, 2.05) is 19.9 Å². The SMILES string of the molecule is CC(=O)C(C)C.CCc1ccccc1. The molecule has 0 aliphatic carbocycles. The van der Waals surface area contributed by atoms with Gasteiger partial charge in [0.25, 0.3) is 0 Å². The maximum Gasteiger partial charge on any atom is 0.132 e. The van der Waals surface area contributed by atoms with E-state index in [1.54, 1.807) is 6.92 Å². The van der Waals surface area contributed by atoms with Crippen LogP contribution >= 0.6 is 0 Å². The van der Waals surface area contributed by atoms with Crippen LogP contribution in [0.5, 0.6) is 0 Å². The molecule has 0 aromatic heterocycles. The van der Waals surface area contributed by atoms with Crippen molar-refractivity contribution >= 4 is 5.78 Å². The normalized spacial score (nSPS) is 9.21. The largest absolute Gasteiger partial charge is 0.300 e. The second kappa shape index (κ2) is 7.31. The summed E-state index contributed by atoms with van der Waals surface area (Å²) in [6.45, 7) is 7.55. The molecule has 78 valence electrons. The molecular formula is C13H20O. The summed E-state index contributed by atoms with van der Waals surface area (Å²) in [4.78, 5) is 10.1. The molecule has 14 heavy (non-hydrogen) atoms. The Hall–Kier alpha value is -1.11. The van der Waals surface area contributed by atoms with Crippen molar-refractivity contribution in [1.82, 2.24) is 0 Å². The summed E-state index contributed by atoms with van der Waals surface area (Å²) < 4.78 is 0. The van der Waals surface area contributed by atoms with Crippen molar-refractivity contribution in [3.05, 3.63) is 35.9 Å². The molecule has 1 aromatic rings. The van der Waals surface area contributed by atoms with Gasteiger partial charge in [-0.25, -0.2) is 0 Å². The van der Waals surface area contributed by atoms with Gasteiger partial charge < -0.3 is 0 Å². The Morgan fingerprint density at radius 3 is 1.86 bits per heavy atom. The van der Waals surface area contributed by atoms with Crippen LogP contribution in [0, 0.1) is 5.92 Å². The highest BCUT2D eigenvalue weighted by Gasteiger charge is 1.95. The first-order valence-corrected chi connectivity index (χ1v) is 5.12. The van der Waals surface area contributed by atoms with Gasteiger partial charge in [-0.05, 0) is 18.9 Å². The van der Waals surface area contributed by atoms with Crippen molar-refractivity contribution in [3.63, 3.8) is 0 Å². The van der Waals surface area contributed by atoms with E-state index in [2.05, 4.69) is 31.2 Å². The maximum absolute atomic E-state index is 10.1. The van der Waals surface area contributed by atoms with E-state index in [0.717, 1.165) is 6.42 Å². The van der Waals surface area contributed by atoms with Crippen molar-refractivity contribution in [1.29, 1.82) is 0 Å². The van der Waals surface area contributed by atoms with Crippen LogP contribution in [0.1, 0.15) is 33.3 Å². The molecule has 0 aliphatic heterocycles. The van der Waals surface area contributed by atoms with Gasteiger partial charge >= 0.3 is 0 Å². The number of aryl methyl sites for hydroxylation is 1. The zero-order chi connectivity index (χ0) is 11.0. The summed E-state index contributed by atoms with van der Waals surface area (Å²) in [7, 11) is 0. The van der Waals surface area contributed by atoms with Gasteiger partial charge in [0.15, 0.2) is 0 Å². The minimum Gasteiger partial charge on any atom is -0.300 e. The molecule has 1 nitrogen and oxygen atoms in total. The van der Waals surface area contributed by atoms with Crippen LogP contribution in [0.25, 0.3) is 0 Å². The molecule has 0 amide bonds. The summed E-state index contributed by atoms with van der Waals surface area (Å²) in [5.74, 6) is 0.472. The highest BCUT2D eigenvalue weighted by Crippen LogP contribution is 1.96. The quantitative estimate of drug-likeness (QED) is 0.701. The molecule has 0 saturated carbocycles. The van der Waals surface area contributed by atoms with E-state index < -0.39 is 0 Å². The lowest BCUT2D eigenvalue weighted by molar-refractivity contribution is -0.119. The second-order valence-electron chi connectivity index (χ2n) is 3.60. The summed E-state index contributed by atoms with van der Waals surface area (Å²) in [6, 6.07) is 10.5. The molecule has 1 aromatic carbocycles. The lowest BCUT2D eigenvalue weighted by Gasteiger charge is -1.90. The predicted molar refractivity (Wildman–Crippen MR) is 61.3 cm³/mol. The van der Waals surface area contributed by atoms with Gasteiger partial charge in [-0.3, -0.25) is 4.79 Å². The highest BCUT2D eigenvalue weighted by atomic mass is 16.1. The summed E-state index contributed by atoms with van der Waals surface area (Å²) in [5, 5.41) is 0. The molecule has 1 rings (SSSR count). The van der Waals surface area contributed by atoms with E-state index in [4.69, 9.17) is 0 Å². The van der Waals surface area contributed by atoms with Gasteiger partial charge in [-0.1, -0.05) is 51.1 Å². The minimum absolute atomic E-state index is 0.213. The van der Waals surface area contributed by atoms with Crippen molar-refractivity contribution in [2.75, 3.05) is 0 Å². The molecule has 0 spiro atoms. The Bertz CT molecular complexity index is 249. The summed E-state index contributed by atoms with van der Waals surface area (Å²) in [5.41, 5.74) is 1.41. The maximum atomic E-state index is 10.1. The number of carbonyl (C=O) groups is 1. The fourth-order valence-electron chi connectivity index (χ4n) is 0.714. The van der Waals surface area contributed by atoms with Gasteiger partial charge in [0.05, 0.1) is 0 Å². The molecule has 0 fully saturated rings. The van der Waals surface area contributed by atoms with E-state index in [9.17, 15) is 4.79 Å². The fraction of sp³-hybridized carbons (Fsp3) is 0.462. The lowest BCUT2D eigenvalue weighted by Crippen LogP contribution is -1.98. The highest BCUT2D eigenvalue weighted by molar-refractivity contribution is 5.77. The summed E-state index contributed by atoms with van der Waals surface area (Å²) >= 11 is 0. The number of hydrogen-bond donors (Lipinski definition) is 0. The van der Waals surface area contributed by atoms with Gasteiger partial charge in [-0.2, -0.15) is 0 Å². The number of hydrogen-bond acceptors (Lipinski definition) is 1. The fourth-order valence-corrected chi connectivity index (χ4v) is 0.714. The van der Waals surface area contributed by atoms with Crippen LogP contribution in [0.2, 0.25) is 0 Å². The minimum atomic E-state index is 0.213. The van der Waals surface area contributed by atoms with Gasteiger partial charge in [0, 0.05) is 5.92 Å². The number of Topliss-reactive ketones (excluding diaryl/α,β-unsaturated/α-hetero) is 1. The molecule has 0 radical (unpaired) electrons. The van der Waals surface area contributed by atoms with Crippen molar-refractivity contribution in [2.45, 2.75) is 34.1 Å². The van der Waals surface area contributed by atoms with Crippen LogP contribution in [0.15, 0.2) is 30.3 Å². The molecule has 0 N–H and O–H groups in total. The van der Waals surface area contributed by atoms with E-state index in [0.29, 0.717) is 0 Å². The Morgan fingerprint density at radius 2 is 1.64 bits per heavy atom. The average molecular weight is 192 g/mol. The number of ketones is 1. The van der Waals surface area contributed by atoms with Crippen molar-refractivity contribution < 1.29 is 4.79 Å². The number of benzene rings is 1. The van der Waals surface area contributed by atoms with Crippen LogP contribution in [0.4, 0.5) is 0 Å². The topological polar surface area (TPSA) is 17.1 Å². The molecule has 0 unspecified atom stereocenters. The van der Waals surface area contributed by atoms with E-state index >= 15 is 0 Å². The number of carbonyl (C=O) groups excluding carboxylic acids is 1. The Labute approximate surface area is 87.2 Å². The molecule has 0 aliphatic rings. The predicted octanol–water partition coefficient (Wildman–Crippen LogP) is 3.48. The first kappa shape index (κ1) is 12.9. The summed E-state index contributed by atoms with van der Waals surface area (Å²) in [6.07, 6.45) is 1.14. The van der Waals surface area contributed by atoms with Gasteiger partial charge in [0.2, 0.25) is 0 Å². The van der Waals surface area contributed by atoms with Crippen LogP contribution in [-0.2, 0) is 11.2 Å². The smallest absolute Gasteiger partial charge is 0.132 e. The molecule has 0 bridgehead atoms. The van der Waals surface area contributed by atoms with Crippen molar-refractivity contribution in [3.8, 4) is 0 Å². The molecular weight excluding hydrogens is 172 g/mol. The average Bonchev–Trinajstić information content (AvgIpc) is 2.20. The third-order valence-corrected chi connectivity index (χ3v) is 2.06. The van der Waals surface area contributed by atoms with Crippen LogP contribution < -0.4 is 0 Å². The Kier molecular flexibility index (Phi) is 6.73. The van der Waals surface area contributed by atoms with Crippen LogP contribution in [0.3, 0.4) is 0 Å².